The van der Waals surface area contributed by atoms with Gasteiger partial charge in [-0.25, -0.2) is 14.5 Å². The van der Waals surface area contributed by atoms with Crippen molar-refractivity contribution in [2.24, 2.45) is 5.92 Å². The SMILES string of the molecule is O=C(Nc1cccc(-c2ncc[nH]2)c1)c1cnn2cc(NC(=O)C3CC3)cnc12. The fourth-order valence-corrected chi connectivity index (χ4v) is 3.06. The van der Waals surface area contributed by atoms with Gasteiger partial charge in [0.05, 0.1) is 24.3 Å². The summed E-state index contributed by atoms with van der Waals surface area (Å²) in [5.74, 6) is 0.493. The zero-order valence-corrected chi connectivity index (χ0v) is 15.3. The Hall–Kier alpha value is -4.01. The Morgan fingerprint density at radius 1 is 1.10 bits per heavy atom. The Morgan fingerprint density at radius 2 is 2.00 bits per heavy atom. The summed E-state index contributed by atoms with van der Waals surface area (Å²) in [6, 6.07) is 7.38. The number of hydrogen-bond donors (Lipinski definition) is 3. The first kappa shape index (κ1) is 17.1. The summed E-state index contributed by atoms with van der Waals surface area (Å²) in [6.45, 7) is 0. The molecule has 9 nitrogen and oxygen atoms in total. The molecule has 0 unspecified atom stereocenters. The van der Waals surface area contributed by atoms with E-state index in [0.29, 0.717) is 22.6 Å². The number of aromatic nitrogens is 5. The van der Waals surface area contributed by atoms with Crippen LogP contribution < -0.4 is 10.6 Å². The molecule has 4 aromatic rings. The summed E-state index contributed by atoms with van der Waals surface area (Å²) in [4.78, 5) is 36.2. The molecule has 144 valence electrons. The second-order valence-electron chi connectivity index (χ2n) is 6.91. The van der Waals surface area contributed by atoms with E-state index in [-0.39, 0.29) is 17.7 Å². The molecular formula is C20H17N7O2. The second kappa shape index (κ2) is 6.86. The number of rotatable bonds is 5. The Labute approximate surface area is 165 Å². The predicted octanol–water partition coefficient (Wildman–Crippen LogP) is 2.72. The molecule has 3 N–H and O–H groups in total. The maximum absolute atomic E-state index is 12.7. The lowest BCUT2D eigenvalue weighted by molar-refractivity contribution is -0.117. The van der Waals surface area contributed by atoms with Crippen LogP contribution in [0.15, 0.2) is 55.2 Å². The standard InChI is InChI=1S/C20H17N7O2/c28-19(12-4-5-12)26-15-9-23-18-16(10-24-27(18)11-15)20(29)25-14-3-1-2-13(8-14)17-21-6-7-22-17/h1-3,6-12H,4-5H2,(H,21,22)(H,25,29)(H,26,28). The summed E-state index contributed by atoms with van der Waals surface area (Å²) in [5.41, 5.74) is 2.80. The first-order valence-corrected chi connectivity index (χ1v) is 9.23. The van der Waals surface area contributed by atoms with Gasteiger partial charge in [0, 0.05) is 29.6 Å². The lowest BCUT2D eigenvalue weighted by Crippen LogP contribution is -2.14. The largest absolute Gasteiger partial charge is 0.345 e. The average molecular weight is 387 g/mol. The number of carbonyl (C=O) groups is 2. The predicted molar refractivity (Wildman–Crippen MR) is 106 cm³/mol. The number of anilines is 2. The molecule has 29 heavy (non-hydrogen) atoms. The maximum atomic E-state index is 12.7. The van der Waals surface area contributed by atoms with Gasteiger partial charge in [-0.1, -0.05) is 12.1 Å². The molecule has 0 bridgehead atoms. The van der Waals surface area contributed by atoms with Crippen LogP contribution in [-0.2, 0) is 4.79 Å². The van der Waals surface area contributed by atoms with Gasteiger partial charge in [0.25, 0.3) is 5.91 Å². The highest BCUT2D eigenvalue weighted by Gasteiger charge is 2.29. The number of nitrogens with zero attached hydrogens (tertiary/aromatic N) is 4. The first-order chi connectivity index (χ1) is 14.2. The summed E-state index contributed by atoms with van der Waals surface area (Å²) >= 11 is 0. The molecule has 0 aliphatic heterocycles. The van der Waals surface area contributed by atoms with Crippen molar-refractivity contribution in [1.82, 2.24) is 24.6 Å². The van der Waals surface area contributed by atoms with Crippen molar-refractivity contribution in [3.05, 3.63) is 60.8 Å². The van der Waals surface area contributed by atoms with Gasteiger partial charge in [-0.3, -0.25) is 9.59 Å². The lowest BCUT2D eigenvalue weighted by Gasteiger charge is -2.06. The topological polar surface area (TPSA) is 117 Å². The number of imidazole rings is 1. The normalized spacial score (nSPS) is 13.4. The highest BCUT2D eigenvalue weighted by atomic mass is 16.2. The summed E-state index contributed by atoms with van der Waals surface area (Å²) in [7, 11) is 0. The molecule has 1 aliphatic rings. The number of nitrogens with one attached hydrogen (secondary N) is 3. The van der Waals surface area contributed by atoms with E-state index in [1.165, 1.54) is 16.9 Å². The maximum Gasteiger partial charge on any atom is 0.261 e. The van der Waals surface area contributed by atoms with Crippen molar-refractivity contribution in [1.29, 1.82) is 0 Å². The van der Waals surface area contributed by atoms with Crippen molar-refractivity contribution >= 4 is 28.8 Å². The number of H-pyrrole nitrogens is 1. The number of aromatic amines is 1. The third-order valence-electron chi connectivity index (χ3n) is 4.71. The molecule has 9 heteroatoms. The van der Waals surface area contributed by atoms with Crippen LogP contribution in [0.3, 0.4) is 0 Å². The molecule has 0 spiro atoms. The van der Waals surface area contributed by atoms with Gasteiger partial charge in [0.2, 0.25) is 5.91 Å². The van der Waals surface area contributed by atoms with E-state index in [9.17, 15) is 9.59 Å². The van der Waals surface area contributed by atoms with Crippen molar-refractivity contribution in [3.8, 4) is 11.4 Å². The second-order valence-corrected chi connectivity index (χ2v) is 6.91. The smallest absolute Gasteiger partial charge is 0.261 e. The minimum absolute atomic E-state index is 0.00675. The quantitative estimate of drug-likeness (QED) is 0.487. The molecule has 0 saturated heterocycles. The zero-order valence-electron chi connectivity index (χ0n) is 15.3. The Bertz CT molecular complexity index is 1210. The van der Waals surface area contributed by atoms with Crippen molar-refractivity contribution < 1.29 is 9.59 Å². The summed E-state index contributed by atoms with van der Waals surface area (Å²) in [5, 5.41) is 9.88. The van der Waals surface area contributed by atoms with E-state index >= 15 is 0 Å². The molecule has 5 rings (SSSR count). The minimum atomic E-state index is -0.320. The van der Waals surface area contributed by atoms with Crippen LogP contribution >= 0.6 is 0 Å². The van der Waals surface area contributed by atoms with Crippen LogP contribution in [0.4, 0.5) is 11.4 Å². The van der Waals surface area contributed by atoms with Crippen LogP contribution in [0.2, 0.25) is 0 Å². The van der Waals surface area contributed by atoms with Crippen LogP contribution in [0.25, 0.3) is 17.0 Å². The monoisotopic (exact) mass is 387 g/mol. The van der Waals surface area contributed by atoms with Gasteiger partial charge >= 0.3 is 0 Å². The third-order valence-corrected chi connectivity index (χ3v) is 4.71. The Balaban J connectivity index is 1.36. The molecule has 2 amide bonds. The highest BCUT2D eigenvalue weighted by Crippen LogP contribution is 2.30. The van der Waals surface area contributed by atoms with Gasteiger partial charge in [0.15, 0.2) is 5.65 Å². The fourth-order valence-electron chi connectivity index (χ4n) is 3.06. The first-order valence-electron chi connectivity index (χ1n) is 9.23. The number of carbonyl (C=O) groups excluding carboxylic acids is 2. The molecular weight excluding hydrogens is 370 g/mol. The molecule has 0 atom stereocenters. The molecule has 1 aromatic carbocycles. The molecule has 3 aromatic heterocycles. The van der Waals surface area contributed by atoms with E-state index in [2.05, 4.69) is 30.7 Å². The molecule has 1 fully saturated rings. The fraction of sp³-hybridized carbons (Fsp3) is 0.150. The van der Waals surface area contributed by atoms with Crippen molar-refractivity contribution in [3.63, 3.8) is 0 Å². The van der Waals surface area contributed by atoms with Crippen LogP contribution in [0.1, 0.15) is 23.2 Å². The number of amides is 2. The Kier molecular flexibility index (Phi) is 4.05. The molecule has 0 radical (unpaired) electrons. The third kappa shape index (κ3) is 3.45. The van der Waals surface area contributed by atoms with Crippen LogP contribution in [-0.4, -0.2) is 36.4 Å². The minimum Gasteiger partial charge on any atom is -0.345 e. The lowest BCUT2D eigenvalue weighted by atomic mass is 10.2. The Morgan fingerprint density at radius 3 is 2.79 bits per heavy atom. The van der Waals surface area contributed by atoms with E-state index in [1.54, 1.807) is 24.7 Å². The van der Waals surface area contributed by atoms with Crippen molar-refractivity contribution in [2.45, 2.75) is 12.8 Å². The van der Waals surface area contributed by atoms with Gasteiger partial charge in [-0.15, -0.1) is 0 Å². The van der Waals surface area contributed by atoms with E-state index in [0.717, 1.165) is 24.2 Å². The van der Waals surface area contributed by atoms with Crippen LogP contribution in [0.5, 0.6) is 0 Å². The summed E-state index contributed by atoms with van der Waals surface area (Å²) < 4.78 is 1.48. The number of benzene rings is 1. The van der Waals surface area contributed by atoms with E-state index < -0.39 is 0 Å². The summed E-state index contributed by atoms with van der Waals surface area (Å²) in [6.07, 6.45) is 9.91. The molecule has 1 aliphatic carbocycles. The van der Waals surface area contributed by atoms with E-state index in [4.69, 9.17) is 0 Å². The highest BCUT2D eigenvalue weighted by molar-refractivity contribution is 6.08. The van der Waals surface area contributed by atoms with Gasteiger partial charge in [0.1, 0.15) is 11.4 Å². The van der Waals surface area contributed by atoms with Crippen LogP contribution in [0, 0.1) is 5.92 Å². The van der Waals surface area contributed by atoms with Gasteiger partial charge in [-0.05, 0) is 25.0 Å². The number of fused-ring (bicyclic) bond motifs is 1. The zero-order chi connectivity index (χ0) is 19.8. The van der Waals surface area contributed by atoms with E-state index in [1.807, 2.05) is 18.2 Å². The van der Waals surface area contributed by atoms with Gasteiger partial charge in [-0.2, -0.15) is 5.10 Å². The average Bonchev–Trinajstić information content (AvgIpc) is 3.27. The molecule has 1 saturated carbocycles. The molecule has 3 heterocycles. The van der Waals surface area contributed by atoms with Gasteiger partial charge < -0.3 is 15.6 Å². The number of hydrogen-bond acceptors (Lipinski definition) is 5. The van der Waals surface area contributed by atoms with Crippen molar-refractivity contribution in [2.75, 3.05) is 10.6 Å².